The topological polar surface area (TPSA) is 41.6 Å². The Morgan fingerprint density at radius 3 is 2.83 bits per heavy atom. The molecule has 4 heteroatoms. The molecule has 2 aliphatic heterocycles. The van der Waals surface area contributed by atoms with Crippen molar-refractivity contribution >= 4 is 5.91 Å². The molecule has 1 amide bonds. The first-order valence-corrected chi connectivity index (χ1v) is 7.49. The number of nitrogens with one attached hydrogen (secondary N) is 1. The zero-order valence-electron chi connectivity index (χ0n) is 11.1. The molecule has 0 bridgehead atoms. The second-order valence-electron chi connectivity index (χ2n) is 5.88. The lowest BCUT2D eigenvalue weighted by atomic mass is 10.0. The van der Waals surface area contributed by atoms with Crippen LogP contribution >= 0.6 is 0 Å². The quantitative estimate of drug-likeness (QED) is 0.802. The first-order valence-electron chi connectivity index (χ1n) is 7.49. The molecule has 4 nitrogen and oxygen atoms in total. The monoisotopic (exact) mass is 252 g/mol. The van der Waals surface area contributed by atoms with Crippen LogP contribution in [0.15, 0.2) is 0 Å². The average molecular weight is 252 g/mol. The van der Waals surface area contributed by atoms with Gasteiger partial charge in [-0.1, -0.05) is 0 Å². The fourth-order valence-electron chi connectivity index (χ4n) is 3.02. The van der Waals surface area contributed by atoms with Gasteiger partial charge in [-0.15, -0.1) is 0 Å². The summed E-state index contributed by atoms with van der Waals surface area (Å²) in [6.07, 6.45) is 8.43. The molecule has 1 saturated carbocycles. The van der Waals surface area contributed by atoms with Gasteiger partial charge in [0.05, 0.1) is 12.1 Å². The third-order valence-electron chi connectivity index (χ3n) is 4.29. The van der Waals surface area contributed by atoms with Crippen LogP contribution in [0.2, 0.25) is 0 Å². The van der Waals surface area contributed by atoms with Crippen LogP contribution in [0.3, 0.4) is 0 Å². The van der Waals surface area contributed by atoms with Crippen LogP contribution in [-0.4, -0.2) is 48.7 Å². The minimum absolute atomic E-state index is 0.0933. The molecule has 0 spiro atoms. The highest BCUT2D eigenvalue weighted by Gasteiger charge is 2.33. The van der Waals surface area contributed by atoms with Crippen LogP contribution in [0.25, 0.3) is 0 Å². The number of rotatable bonds is 5. The van der Waals surface area contributed by atoms with Gasteiger partial charge in [-0.25, -0.2) is 0 Å². The lowest BCUT2D eigenvalue weighted by Crippen LogP contribution is -2.51. The maximum absolute atomic E-state index is 12.3. The van der Waals surface area contributed by atoms with Gasteiger partial charge < -0.3 is 15.0 Å². The molecule has 3 aliphatic rings. The molecule has 2 unspecified atom stereocenters. The number of carbonyl (C=O) groups is 1. The molecule has 3 fully saturated rings. The van der Waals surface area contributed by atoms with Gasteiger partial charge in [-0.05, 0) is 44.9 Å². The summed E-state index contributed by atoms with van der Waals surface area (Å²) in [6.45, 7) is 2.73. The van der Waals surface area contributed by atoms with Crippen molar-refractivity contribution in [3.8, 4) is 0 Å². The predicted molar refractivity (Wildman–Crippen MR) is 69.4 cm³/mol. The van der Waals surface area contributed by atoms with E-state index < -0.39 is 0 Å². The third kappa shape index (κ3) is 3.04. The first-order chi connectivity index (χ1) is 8.83. The molecule has 0 aromatic carbocycles. The predicted octanol–water partition coefficient (Wildman–Crippen LogP) is 1.30. The summed E-state index contributed by atoms with van der Waals surface area (Å²) >= 11 is 0. The van der Waals surface area contributed by atoms with Crippen molar-refractivity contribution in [2.45, 2.75) is 63.1 Å². The summed E-state index contributed by atoms with van der Waals surface area (Å²) in [5, 5.41) is 3.48. The molecule has 1 aliphatic carbocycles. The Hall–Kier alpha value is -0.610. The Labute approximate surface area is 109 Å². The van der Waals surface area contributed by atoms with Crippen molar-refractivity contribution in [3.05, 3.63) is 0 Å². The normalized spacial score (nSPS) is 33.1. The molecular formula is C14H24N2O2. The Morgan fingerprint density at radius 2 is 2.11 bits per heavy atom. The summed E-state index contributed by atoms with van der Waals surface area (Å²) in [5.41, 5.74) is 0. The van der Waals surface area contributed by atoms with Crippen LogP contribution in [0.1, 0.15) is 44.9 Å². The fraction of sp³-hybridized carbons (Fsp3) is 0.929. The number of ether oxygens (including phenoxy) is 1. The van der Waals surface area contributed by atoms with Crippen molar-refractivity contribution in [3.63, 3.8) is 0 Å². The third-order valence-corrected chi connectivity index (χ3v) is 4.29. The standard InChI is InChI=1S/C14H24N2O2/c17-14-13(15-11-5-6-11)4-1-8-16(14)9-7-12-3-2-10-18-12/h11-13,15H,1-10H2. The molecular weight excluding hydrogens is 228 g/mol. The molecule has 0 aromatic rings. The molecule has 102 valence electrons. The number of piperidine rings is 1. The van der Waals surface area contributed by atoms with Crippen molar-refractivity contribution in [2.75, 3.05) is 19.7 Å². The number of likely N-dealkylation sites (tertiary alicyclic amines) is 1. The van der Waals surface area contributed by atoms with E-state index in [0.29, 0.717) is 18.1 Å². The molecule has 1 N–H and O–H groups in total. The van der Waals surface area contributed by atoms with E-state index in [4.69, 9.17) is 4.74 Å². The molecule has 0 radical (unpaired) electrons. The van der Waals surface area contributed by atoms with E-state index in [9.17, 15) is 4.79 Å². The van der Waals surface area contributed by atoms with E-state index in [1.165, 1.54) is 25.7 Å². The molecule has 3 rings (SSSR count). The maximum Gasteiger partial charge on any atom is 0.239 e. The van der Waals surface area contributed by atoms with Crippen LogP contribution < -0.4 is 5.32 Å². The van der Waals surface area contributed by atoms with Crippen LogP contribution in [0, 0.1) is 0 Å². The summed E-state index contributed by atoms with van der Waals surface area (Å²) in [4.78, 5) is 14.4. The molecule has 0 aromatic heterocycles. The van der Waals surface area contributed by atoms with E-state index in [0.717, 1.165) is 39.0 Å². The number of hydrogen-bond donors (Lipinski definition) is 1. The minimum Gasteiger partial charge on any atom is -0.378 e. The fourth-order valence-corrected chi connectivity index (χ4v) is 3.02. The Bertz CT molecular complexity index is 298. The highest BCUT2D eigenvalue weighted by atomic mass is 16.5. The van der Waals surface area contributed by atoms with Gasteiger partial charge in [-0.3, -0.25) is 4.79 Å². The largest absolute Gasteiger partial charge is 0.378 e. The first kappa shape index (κ1) is 12.4. The Balaban J connectivity index is 1.46. The lowest BCUT2D eigenvalue weighted by Gasteiger charge is -2.33. The molecule has 18 heavy (non-hydrogen) atoms. The zero-order chi connectivity index (χ0) is 12.4. The smallest absolute Gasteiger partial charge is 0.239 e. The Morgan fingerprint density at radius 1 is 1.22 bits per heavy atom. The van der Waals surface area contributed by atoms with Gasteiger partial charge >= 0.3 is 0 Å². The van der Waals surface area contributed by atoms with Gasteiger partial charge in [-0.2, -0.15) is 0 Å². The molecule has 2 saturated heterocycles. The molecule has 2 heterocycles. The molecule has 2 atom stereocenters. The van der Waals surface area contributed by atoms with Crippen molar-refractivity contribution < 1.29 is 9.53 Å². The maximum atomic E-state index is 12.3. The number of carbonyl (C=O) groups excluding carboxylic acids is 1. The van der Waals surface area contributed by atoms with Gasteiger partial charge in [0.1, 0.15) is 0 Å². The summed E-state index contributed by atoms with van der Waals surface area (Å²) in [5.74, 6) is 0.325. The zero-order valence-corrected chi connectivity index (χ0v) is 11.1. The van der Waals surface area contributed by atoms with Gasteiger partial charge in [0.2, 0.25) is 5.91 Å². The van der Waals surface area contributed by atoms with Crippen LogP contribution in [0.5, 0.6) is 0 Å². The van der Waals surface area contributed by atoms with Crippen LogP contribution in [0.4, 0.5) is 0 Å². The summed E-state index contributed by atoms with van der Waals surface area (Å²) in [7, 11) is 0. The summed E-state index contributed by atoms with van der Waals surface area (Å²) < 4.78 is 5.63. The highest BCUT2D eigenvalue weighted by molar-refractivity contribution is 5.82. The lowest BCUT2D eigenvalue weighted by molar-refractivity contribution is -0.136. The number of nitrogens with zero attached hydrogens (tertiary/aromatic N) is 1. The number of hydrogen-bond acceptors (Lipinski definition) is 3. The number of amides is 1. The van der Waals surface area contributed by atoms with E-state index in [2.05, 4.69) is 5.32 Å². The van der Waals surface area contributed by atoms with E-state index in [-0.39, 0.29) is 6.04 Å². The highest BCUT2D eigenvalue weighted by Crippen LogP contribution is 2.23. The second kappa shape index (κ2) is 5.57. The SMILES string of the molecule is O=C1C(NC2CC2)CCCN1CCC1CCCO1. The Kier molecular flexibility index (Phi) is 3.85. The van der Waals surface area contributed by atoms with Gasteiger partial charge in [0.25, 0.3) is 0 Å². The van der Waals surface area contributed by atoms with E-state index >= 15 is 0 Å². The van der Waals surface area contributed by atoms with E-state index in [1.54, 1.807) is 0 Å². The van der Waals surface area contributed by atoms with E-state index in [1.807, 2.05) is 4.90 Å². The van der Waals surface area contributed by atoms with Crippen molar-refractivity contribution in [1.29, 1.82) is 0 Å². The minimum atomic E-state index is 0.0933. The van der Waals surface area contributed by atoms with Gasteiger partial charge in [0, 0.05) is 25.7 Å². The second-order valence-corrected chi connectivity index (χ2v) is 5.88. The van der Waals surface area contributed by atoms with Crippen molar-refractivity contribution in [1.82, 2.24) is 10.2 Å². The van der Waals surface area contributed by atoms with Crippen molar-refractivity contribution in [2.24, 2.45) is 0 Å². The summed E-state index contributed by atoms with van der Waals surface area (Å²) in [6, 6.07) is 0.716. The van der Waals surface area contributed by atoms with Gasteiger partial charge in [0.15, 0.2) is 0 Å². The average Bonchev–Trinajstić information content (AvgIpc) is 3.04. The van der Waals surface area contributed by atoms with Crippen LogP contribution in [-0.2, 0) is 9.53 Å².